The van der Waals surface area contributed by atoms with E-state index < -0.39 is 0 Å². The van der Waals surface area contributed by atoms with Gasteiger partial charge in [0.05, 0.1) is 12.5 Å². The van der Waals surface area contributed by atoms with E-state index in [9.17, 15) is 4.79 Å². The molecule has 0 saturated heterocycles. The molecule has 0 aliphatic heterocycles. The molecule has 1 aromatic rings. The monoisotopic (exact) mass is 222 g/mol. The van der Waals surface area contributed by atoms with Gasteiger partial charge in [-0.3, -0.25) is 4.79 Å². The van der Waals surface area contributed by atoms with Crippen molar-refractivity contribution >= 4 is 5.91 Å². The van der Waals surface area contributed by atoms with Crippen LogP contribution in [0.1, 0.15) is 11.5 Å². The molecule has 4 nitrogen and oxygen atoms in total. The molecule has 16 heavy (non-hydrogen) atoms. The summed E-state index contributed by atoms with van der Waals surface area (Å²) in [5.41, 5.74) is 6.55. The predicted molar refractivity (Wildman–Crippen MR) is 63.0 cm³/mol. The molecule has 88 valence electrons. The zero-order valence-corrected chi connectivity index (χ0v) is 9.47. The van der Waals surface area contributed by atoms with Crippen molar-refractivity contribution in [1.29, 1.82) is 0 Å². The highest BCUT2D eigenvalue weighted by molar-refractivity contribution is 5.83. The van der Waals surface area contributed by atoms with Crippen molar-refractivity contribution in [3.05, 3.63) is 35.9 Å². The smallest absolute Gasteiger partial charge is 0.231 e. The van der Waals surface area contributed by atoms with Gasteiger partial charge in [0.1, 0.15) is 0 Å². The van der Waals surface area contributed by atoms with Crippen LogP contribution < -0.4 is 5.73 Å². The Balaban J connectivity index is 2.79. The first kappa shape index (κ1) is 12.7. The topological polar surface area (TPSA) is 66.6 Å². The van der Waals surface area contributed by atoms with E-state index >= 15 is 0 Å². The van der Waals surface area contributed by atoms with Gasteiger partial charge in [0.2, 0.25) is 5.91 Å². The Bertz CT molecular complexity index is 327. The van der Waals surface area contributed by atoms with Gasteiger partial charge in [-0.2, -0.15) is 0 Å². The molecule has 1 rings (SSSR count). The van der Waals surface area contributed by atoms with Crippen molar-refractivity contribution in [2.75, 3.05) is 26.7 Å². The average molecular weight is 222 g/mol. The number of hydrogen-bond donors (Lipinski definition) is 2. The van der Waals surface area contributed by atoms with Crippen LogP contribution >= 0.6 is 0 Å². The number of rotatable bonds is 5. The molecule has 0 radical (unpaired) electrons. The van der Waals surface area contributed by atoms with Crippen LogP contribution in [-0.4, -0.2) is 42.7 Å². The Labute approximate surface area is 95.7 Å². The molecule has 0 aliphatic rings. The van der Waals surface area contributed by atoms with Gasteiger partial charge in [-0.25, -0.2) is 0 Å². The van der Waals surface area contributed by atoms with E-state index in [2.05, 4.69) is 0 Å². The molecule has 1 amide bonds. The Kier molecular flexibility index (Phi) is 4.95. The lowest BCUT2D eigenvalue weighted by atomic mass is 9.98. The van der Waals surface area contributed by atoms with Crippen LogP contribution in [0.15, 0.2) is 30.3 Å². The van der Waals surface area contributed by atoms with E-state index in [4.69, 9.17) is 10.8 Å². The number of likely N-dealkylation sites (N-methyl/N-ethyl adjacent to an activating group) is 1. The number of aliphatic hydroxyl groups is 1. The van der Waals surface area contributed by atoms with Gasteiger partial charge in [-0.05, 0) is 5.56 Å². The number of nitrogens with zero attached hydrogens (tertiary/aromatic N) is 1. The average Bonchev–Trinajstić information content (AvgIpc) is 2.31. The molecule has 0 fully saturated rings. The first-order valence-electron chi connectivity index (χ1n) is 5.31. The van der Waals surface area contributed by atoms with Crippen LogP contribution in [0.2, 0.25) is 0 Å². The normalized spacial score (nSPS) is 12.2. The fraction of sp³-hybridized carbons (Fsp3) is 0.417. The summed E-state index contributed by atoms with van der Waals surface area (Å²) >= 11 is 0. The van der Waals surface area contributed by atoms with Gasteiger partial charge in [-0.15, -0.1) is 0 Å². The van der Waals surface area contributed by atoms with Gasteiger partial charge in [0.15, 0.2) is 0 Å². The van der Waals surface area contributed by atoms with Crippen LogP contribution in [0.5, 0.6) is 0 Å². The third-order valence-electron chi connectivity index (χ3n) is 2.55. The summed E-state index contributed by atoms with van der Waals surface area (Å²) in [7, 11) is 1.67. The second-order valence-corrected chi connectivity index (χ2v) is 3.68. The summed E-state index contributed by atoms with van der Waals surface area (Å²) in [5.74, 6) is -0.375. The quantitative estimate of drug-likeness (QED) is 0.747. The molecule has 4 heteroatoms. The van der Waals surface area contributed by atoms with Gasteiger partial charge in [-0.1, -0.05) is 30.3 Å². The third-order valence-corrected chi connectivity index (χ3v) is 2.55. The number of nitrogens with two attached hydrogens (primary N) is 1. The van der Waals surface area contributed by atoms with Crippen molar-refractivity contribution < 1.29 is 9.90 Å². The summed E-state index contributed by atoms with van der Waals surface area (Å²) in [6.45, 7) is 0.578. The molecule has 1 unspecified atom stereocenters. The second-order valence-electron chi connectivity index (χ2n) is 3.68. The molecule has 0 saturated carbocycles. The summed E-state index contributed by atoms with van der Waals surface area (Å²) in [5, 5.41) is 8.79. The summed E-state index contributed by atoms with van der Waals surface area (Å²) < 4.78 is 0. The van der Waals surface area contributed by atoms with Crippen molar-refractivity contribution in [3.63, 3.8) is 0 Å². The summed E-state index contributed by atoms with van der Waals surface area (Å²) in [6.07, 6.45) is 0. The first-order valence-corrected chi connectivity index (χ1v) is 5.31. The van der Waals surface area contributed by atoms with E-state index in [-0.39, 0.29) is 25.0 Å². The lowest BCUT2D eigenvalue weighted by Gasteiger charge is -2.22. The zero-order chi connectivity index (χ0) is 12.0. The number of benzene rings is 1. The Morgan fingerprint density at radius 1 is 1.44 bits per heavy atom. The van der Waals surface area contributed by atoms with Crippen LogP contribution in [0.3, 0.4) is 0 Å². The second kappa shape index (κ2) is 6.25. The molecule has 1 atom stereocenters. The molecule has 0 aliphatic carbocycles. The van der Waals surface area contributed by atoms with Crippen molar-refractivity contribution in [2.45, 2.75) is 5.92 Å². The minimum atomic E-state index is -0.322. The molecule has 0 bridgehead atoms. The lowest BCUT2D eigenvalue weighted by Crippen LogP contribution is -2.36. The zero-order valence-electron chi connectivity index (χ0n) is 9.47. The summed E-state index contributed by atoms with van der Waals surface area (Å²) in [4.78, 5) is 13.5. The number of carbonyl (C=O) groups excluding carboxylic acids is 1. The van der Waals surface area contributed by atoms with Gasteiger partial charge >= 0.3 is 0 Å². The maximum atomic E-state index is 12.0. The third kappa shape index (κ3) is 3.05. The molecular formula is C12H18N2O2. The van der Waals surface area contributed by atoms with E-state index in [1.54, 1.807) is 7.05 Å². The van der Waals surface area contributed by atoms with E-state index in [0.717, 1.165) is 5.56 Å². The van der Waals surface area contributed by atoms with Gasteiger partial charge in [0.25, 0.3) is 0 Å². The maximum absolute atomic E-state index is 12.0. The van der Waals surface area contributed by atoms with E-state index in [1.807, 2.05) is 30.3 Å². The minimum absolute atomic E-state index is 0.0334. The Hall–Kier alpha value is -1.39. The molecular weight excluding hydrogens is 204 g/mol. The fourth-order valence-corrected chi connectivity index (χ4v) is 1.59. The molecule has 0 aromatic heterocycles. The fourth-order valence-electron chi connectivity index (χ4n) is 1.59. The molecule has 1 aromatic carbocycles. The number of aliphatic hydroxyl groups excluding tert-OH is 1. The van der Waals surface area contributed by atoms with Crippen LogP contribution in [0, 0.1) is 0 Å². The lowest BCUT2D eigenvalue weighted by molar-refractivity contribution is -0.131. The molecule has 3 N–H and O–H groups in total. The SMILES string of the molecule is CN(CCO)C(=O)C(CN)c1ccccc1. The van der Waals surface area contributed by atoms with E-state index in [0.29, 0.717) is 6.54 Å². The number of amides is 1. The standard InChI is InChI=1S/C12H18N2O2/c1-14(7-8-15)12(16)11(9-13)10-5-3-2-4-6-10/h2-6,11,15H,7-9,13H2,1H3. The summed E-state index contributed by atoms with van der Waals surface area (Å²) in [6, 6.07) is 9.46. The van der Waals surface area contributed by atoms with Gasteiger partial charge < -0.3 is 15.7 Å². The highest BCUT2D eigenvalue weighted by Crippen LogP contribution is 2.16. The van der Waals surface area contributed by atoms with Gasteiger partial charge in [0, 0.05) is 20.1 Å². The van der Waals surface area contributed by atoms with Crippen molar-refractivity contribution in [2.24, 2.45) is 5.73 Å². The van der Waals surface area contributed by atoms with Crippen LogP contribution in [0.25, 0.3) is 0 Å². The van der Waals surface area contributed by atoms with Crippen molar-refractivity contribution in [3.8, 4) is 0 Å². The number of carbonyl (C=O) groups is 1. The first-order chi connectivity index (χ1) is 7.70. The Morgan fingerprint density at radius 2 is 2.06 bits per heavy atom. The van der Waals surface area contributed by atoms with Crippen LogP contribution in [0.4, 0.5) is 0 Å². The highest BCUT2D eigenvalue weighted by atomic mass is 16.3. The number of hydrogen-bond acceptors (Lipinski definition) is 3. The van der Waals surface area contributed by atoms with Crippen molar-refractivity contribution in [1.82, 2.24) is 4.90 Å². The molecule has 0 spiro atoms. The van der Waals surface area contributed by atoms with E-state index in [1.165, 1.54) is 4.90 Å². The highest BCUT2D eigenvalue weighted by Gasteiger charge is 2.21. The van der Waals surface area contributed by atoms with Crippen LogP contribution in [-0.2, 0) is 4.79 Å². The maximum Gasteiger partial charge on any atom is 0.231 e. The Morgan fingerprint density at radius 3 is 2.56 bits per heavy atom. The predicted octanol–water partition coefficient (Wildman–Crippen LogP) is 0.180. The largest absolute Gasteiger partial charge is 0.395 e. The molecule has 0 heterocycles. The minimum Gasteiger partial charge on any atom is -0.395 e.